The Bertz CT molecular complexity index is 418. The molecule has 1 unspecified atom stereocenters. The van der Waals surface area contributed by atoms with Crippen LogP contribution in [0.15, 0.2) is 6.20 Å². The number of nitrogens with two attached hydrogens (primary N) is 1. The second-order valence-electron chi connectivity index (χ2n) is 5.89. The van der Waals surface area contributed by atoms with Crippen molar-refractivity contribution in [2.75, 3.05) is 13.7 Å². The topological polar surface area (TPSA) is 65.1 Å². The lowest BCUT2D eigenvalue weighted by molar-refractivity contribution is 0.181. The molecule has 0 aromatic carbocycles. The molecule has 0 amide bonds. The molecule has 120 valence electrons. The maximum atomic E-state index is 6.30. The minimum Gasteiger partial charge on any atom is -0.383 e. The van der Waals surface area contributed by atoms with Crippen LogP contribution in [0.1, 0.15) is 56.7 Å². The van der Waals surface area contributed by atoms with Crippen molar-refractivity contribution < 1.29 is 4.74 Å². The highest BCUT2D eigenvalue weighted by molar-refractivity contribution is 6.31. The third-order valence-corrected chi connectivity index (χ3v) is 4.75. The molecule has 1 aliphatic carbocycles. The molecule has 0 aliphatic heterocycles. The van der Waals surface area contributed by atoms with Crippen molar-refractivity contribution in [1.29, 1.82) is 0 Å². The Balaban J connectivity index is 1.97. The van der Waals surface area contributed by atoms with Gasteiger partial charge in [0.25, 0.3) is 0 Å². The minimum absolute atomic E-state index is 0.0544. The fraction of sp³-hybridized carbons (Fsp3) is 0.800. The maximum absolute atomic E-state index is 6.30. The third-order valence-electron chi connectivity index (χ3n) is 4.46. The molecular weight excluding hydrogens is 288 g/mol. The standard InChI is InChI=1S/C15H27ClN4O/c1-21-10-9-20-15(13(16)11-18-20)14(19-17)8-7-12-5-3-2-4-6-12/h11-12,14,19H,2-10,17H2,1H3. The predicted octanol–water partition coefficient (Wildman–Crippen LogP) is 3.05. The van der Waals surface area contributed by atoms with Crippen molar-refractivity contribution in [2.24, 2.45) is 11.8 Å². The zero-order chi connectivity index (χ0) is 15.1. The second kappa shape index (κ2) is 8.73. The smallest absolute Gasteiger partial charge is 0.0834 e. The van der Waals surface area contributed by atoms with Gasteiger partial charge >= 0.3 is 0 Å². The number of nitrogens with zero attached hydrogens (tertiary/aromatic N) is 2. The molecule has 0 radical (unpaired) electrons. The third kappa shape index (κ3) is 4.68. The van der Waals surface area contributed by atoms with Crippen molar-refractivity contribution in [3.8, 4) is 0 Å². The zero-order valence-corrected chi connectivity index (χ0v) is 13.6. The molecule has 1 aromatic heterocycles. The number of rotatable bonds is 8. The molecule has 3 N–H and O–H groups in total. The summed E-state index contributed by atoms with van der Waals surface area (Å²) >= 11 is 6.30. The molecule has 21 heavy (non-hydrogen) atoms. The molecule has 0 spiro atoms. The van der Waals surface area contributed by atoms with E-state index in [4.69, 9.17) is 22.2 Å². The predicted molar refractivity (Wildman–Crippen MR) is 85.0 cm³/mol. The molecule has 0 saturated heterocycles. The largest absolute Gasteiger partial charge is 0.383 e. The van der Waals surface area contributed by atoms with Crippen LogP contribution < -0.4 is 11.3 Å². The number of hydrazine groups is 1. The van der Waals surface area contributed by atoms with Crippen LogP contribution in [0, 0.1) is 5.92 Å². The summed E-state index contributed by atoms with van der Waals surface area (Å²) in [4.78, 5) is 0. The maximum Gasteiger partial charge on any atom is 0.0834 e. The Labute approximate surface area is 132 Å². The van der Waals surface area contributed by atoms with Gasteiger partial charge in [0.05, 0.1) is 36.1 Å². The van der Waals surface area contributed by atoms with Crippen molar-refractivity contribution in [3.05, 3.63) is 16.9 Å². The van der Waals surface area contributed by atoms with Gasteiger partial charge in [0.2, 0.25) is 0 Å². The number of ether oxygens (including phenoxy) is 1. The normalized spacial score (nSPS) is 18.0. The van der Waals surface area contributed by atoms with Gasteiger partial charge in [-0.15, -0.1) is 0 Å². The number of methoxy groups -OCH3 is 1. The summed E-state index contributed by atoms with van der Waals surface area (Å²) in [6.45, 7) is 1.31. The van der Waals surface area contributed by atoms with Crippen LogP contribution in [0.4, 0.5) is 0 Å². The van der Waals surface area contributed by atoms with E-state index in [9.17, 15) is 0 Å². The average Bonchev–Trinajstić information content (AvgIpc) is 2.88. The summed E-state index contributed by atoms with van der Waals surface area (Å²) in [7, 11) is 1.69. The second-order valence-corrected chi connectivity index (χ2v) is 6.30. The molecule has 5 nitrogen and oxygen atoms in total. The highest BCUT2D eigenvalue weighted by Crippen LogP contribution is 2.32. The first-order valence-corrected chi connectivity index (χ1v) is 8.30. The Morgan fingerprint density at radius 3 is 2.90 bits per heavy atom. The Kier molecular flexibility index (Phi) is 6.96. The first-order valence-electron chi connectivity index (χ1n) is 7.92. The highest BCUT2D eigenvalue weighted by atomic mass is 35.5. The van der Waals surface area contributed by atoms with E-state index in [2.05, 4.69) is 10.5 Å². The van der Waals surface area contributed by atoms with Crippen molar-refractivity contribution in [2.45, 2.75) is 57.5 Å². The zero-order valence-electron chi connectivity index (χ0n) is 12.9. The summed E-state index contributed by atoms with van der Waals surface area (Å²) < 4.78 is 7.02. The summed E-state index contributed by atoms with van der Waals surface area (Å²) in [5, 5.41) is 5.00. The van der Waals surface area contributed by atoms with Crippen LogP contribution >= 0.6 is 11.6 Å². The molecule has 1 saturated carbocycles. The van der Waals surface area contributed by atoms with Gasteiger partial charge in [-0.05, 0) is 18.8 Å². The lowest BCUT2D eigenvalue weighted by Crippen LogP contribution is -2.31. The van der Waals surface area contributed by atoms with Crippen LogP contribution in [0.2, 0.25) is 5.02 Å². The van der Waals surface area contributed by atoms with E-state index >= 15 is 0 Å². The average molecular weight is 315 g/mol. The SMILES string of the molecule is COCCn1ncc(Cl)c1C(CCC1CCCCC1)NN. The van der Waals surface area contributed by atoms with Gasteiger partial charge in [0.15, 0.2) is 0 Å². The fourth-order valence-electron chi connectivity index (χ4n) is 3.25. The molecule has 1 aliphatic rings. The Morgan fingerprint density at radius 2 is 2.24 bits per heavy atom. The van der Waals surface area contributed by atoms with E-state index in [1.807, 2.05) is 4.68 Å². The van der Waals surface area contributed by atoms with E-state index in [0.29, 0.717) is 18.2 Å². The Morgan fingerprint density at radius 1 is 1.48 bits per heavy atom. The van der Waals surface area contributed by atoms with Gasteiger partial charge in [-0.25, -0.2) is 0 Å². The van der Waals surface area contributed by atoms with Crippen LogP contribution in [-0.2, 0) is 11.3 Å². The summed E-state index contributed by atoms with van der Waals surface area (Å²) in [5.74, 6) is 6.60. The van der Waals surface area contributed by atoms with E-state index in [1.165, 1.54) is 38.5 Å². The van der Waals surface area contributed by atoms with Crippen LogP contribution in [0.25, 0.3) is 0 Å². The van der Waals surface area contributed by atoms with Gasteiger partial charge in [0.1, 0.15) is 0 Å². The quantitative estimate of drug-likeness (QED) is 0.572. The molecule has 2 rings (SSSR count). The number of hydrogen-bond donors (Lipinski definition) is 2. The lowest BCUT2D eigenvalue weighted by Gasteiger charge is -2.24. The molecular formula is C15H27ClN4O. The van der Waals surface area contributed by atoms with E-state index in [0.717, 1.165) is 18.0 Å². The van der Waals surface area contributed by atoms with Gasteiger partial charge in [0, 0.05) is 7.11 Å². The number of nitrogens with one attached hydrogen (secondary N) is 1. The van der Waals surface area contributed by atoms with Crippen molar-refractivity contribution in [3.63, 3.8) is 0 Å². The monoisotopic (exact) mass is 314 g/mol. The molecule has 6 heteroatoms. The van der Waals surface area contributed by atoms with Gasteiger partial charge in [-0.3, -0.25) is 16.0 Å². The van der Waals surface area contributed by atoms with Gasteiger partial charge in [-0.2, -0.15) is 5.10 Å². The van der Waals surface area contributed by atoms with E-state index in [1.54, 1.807) is 13.3 Å². The van der Waals surface area contributed by atoms with Crippen molar-refractivity contribution >= 4 is 11.6 Å². The molecule has 0 bridgehead atoms. The molecule has 1 fully saturated rings. The number of hydrogen-bond acceptors (Lipinski definition) is 4. The summed E-state index contributed by atoms with van der Waals surface area (Å²) in [5.41, 5.74) is 3.89. The van der Waals surface area contributed by atoms with Crippen LogP contribution in [0.3, 0.4) is 0 Å². The molecule has 1 aromatic rings. The summed E-state index contributed by atoms with van der Waals surface area (Å²) in [6.07, 6.45) is 10.7. The van der Waals surface area contributed by atoms with E-state index in [-0.39, 0.29) is 6.04 Å². The van der Waals surface area contributed by atoms with Crippen molar-refractivity contribution in [1.82, 2.24) is 15.2 Å². The first kappa shape index (κ1) is 16.7. The molecule has 1 atom stereocenters. The molecule has 1 heterocycles. The first-order chi connectivity index (χ1) is 10.3. The van der Waals surface area contributed by atoms with Crippen LogP contribution in [0.5, 0.6) is 0 Å². The van der Waals surface area contributed by atoms with Crippen LogP contribution in [-0.4, -0.2) is 23.5 Å². The number of aromatic nitrogens is 2. The number of halogens is 1. The van der Waals surface area contributed by atoms with Gasteiger partial charge in [-0.1, -0.05) is 43.7 Å². The Hall–Kier alpha value is -0.620. The highest BCUT2D eigenvalue weighted by Gasteiger charge is 2.21. The van der Waals surface area contributed by atoms with E-state index < -0.39 is 0 Å². The summed E-state index contributed by atoms with van der Waals surface area (Å²) in [6, 6.07) is 0.0544. The fourth-order valence-corrected chi connectivity index (χ4v) is 3.52. The minimum atomic E-state index is 0.0544. The lowest BCUT2D eigenvalue weighted by atomic mass is 9.85. The van der Waals surface area contributed by atoms with Gasteiger partial charge < -0.3 is 4.74 Å².